The van der Waals surface area contributed by atoms with Crippen molar-refractivity contribution in [3.63, 3.8) is 0 Å². The summed E-state index contributed by atoms with van der Waals surface area (Å²) >= 11 is 1.64. The Balaban J connectivity index is 2.01. The summed E-state index contributed by atoms with van der Waals surface area (Å²) in [5, 5.41) is 9.83. The van der Waals surface area contributed by atoms with Crippen LogP contribution < -0.4 is 0 Å². The molecule has 0 amide bonds. The Morgan fingerprint density at radius 3 is 2.61 bits per heavy atom. The number of ether oxygens (including phenoxy) is 1. The van der Waals surface area contributed by atoms with Gasteiger partial charge in [-0.1, -0.05) is 23.8 Å². The number of aliphatic hydroxyl groups is 1. The number of rotatable bonds is 9. The Bertz CT molecular complexity index is 820. The van der Waals surface area contributed by atoms with Gasteiger partial charge in [0.15, 0.2) is 0 Å². The molecule has 28 heavy (non-hydrogen) atoms. The molecule has 0 aliphatic heterocycles. The molecule has 0 spiro atoms. The molecule has 2 aromatic carbocycles. The molecule has 0 saturated heterocycles. The highest BCUT2D eigenvalue weighted by Gasteiger charge is 2.13. The Hall–Kier alpha value is -1.85. The largest absolute Gasteiger partial charge is 0.469 e. The van der Waals surface area contributed by atoms with Gasteiger partial charge in [0.25, 0.3) is 0 Å². The van der Waals surface area contributed by atoms with Crippen LogP contribution in [-0.4, -0.2) is 35.8 Å². The fourth-order valence-electron chi connectivity index (χ4n) is 3.30. The van der Waals surface area contributed by atoms with E-state index in [1.54, 1.807) is 18.7 Å². The number of thioether (sulfide) groups is 1. The normalized spacial score (nSPS) is 12.1. The van der Waals surface area contributed by atoms with Crippen LogP contribution in [0.3, 0.4) is 0 Å². The van der Waals surface area contributed by atoms with Gasteiger partial charge in [0.1, 0.15) is 5.82 Å². The van der Waals surface area contributed by atoms with Crippen LogP contribution in [0.4, 0.5) is 4.39 Å². The number of halogens is 1. The molecule has 1 unspecified atom stereocenters. The predicted molar refractivity (Wildman–Crippen MR) is 114 cm³/mol. The minimum atomic E-state index is -0.670. The Morgan fingerprint density at radius 1 is 1.18 bits per heavy atom. The fourth-order valence-corrected chi connectivity index (χ4v) is 4.21. The predicted octanol–water partition coefficient (Wildman–Crippen LogP) is 5.01. The molecule has 1 N–H and O–H groups in total. The van der Waals surface area contributed by atoms with E-state index < -0.39 is 6.10 Å². The van der Waals surface area contributed by atoms with E-state index in [-0.39, 0.29) is 18.2 Å². The van der Waals surface area contributed by atoms with Crippen LogP contribution >= 0.6 is 11.8 Å². The molecule has 0 heterocycles. The summed E-state index contributed by atoms with van der Waals surface area (Å²) in [6.45, 7) is 5.99. The molecule has 0 aliphatic carbocycles. The first-order chi connectivity index (χ1) is 13.3. The lowest BCUT2D eigenvalue weighted by molar-refractivity contribution is -0.142. The van der Waals surface area contributed by atoms with Gasteiger partial charge in [-0.15, -0.1) is 0 Å². The molecule has 0 fully saturated rings. The van der Waals surface area contributed by atoms with E-state index in [1.165, 1.54) is 29.9 Å². The van der Waals surface area contributed by atoms with Gasteiger partial charge in [-0.2, -0.15) is 11.8 Å². The van der Waals surface area contributed by atoms with Gasteiger partial charge in [0, 0.05) is 5.75 Å². The van der Waals surface area contributed by atoms with E-state index in [2.05, 4.69) is 30.7 Å². The summed E-state index contributed by atoms with van der Waals surface area (Å²) in [5.74, 6) is 0.846. The summed E-state index contributed by atoms with van der Waals surface area (Å²) in [6.07, 6.45) is 1.25. The molecule has 0 aromatic heterocycles. The third-order valence-corrected chi connectivity index (χ3v) is 5.94. The zero-order chi connectivity index (χ0) is 20.7. The number of hydrogen-bond acceptors (Lipinski definition) is 4. The molecule has 0 bridgehead atoms. The van der Waals surface area contributed by atoms with Gasteiger partial charge < -0.3 is 9.84 Å². The molecule has 152 valence electrons. The van der Waals surface area contributed by atoms with Crippen molar-refractivity contribution in [2.24, 2.45) is 0 Å². The third kappa shape index (κ3) is 6.35. The van der Waals surface area contributed by atoms with Crippen molar-refractivity contribution >= 4 is 17.7 Å². The van der Waals surface area contributed by atoms with E-state index in [4.69, 9.17) is 0 Å². The van der Waals surface area contributed by atoms with Crippen molar-refractivity contribution in [3.05, 3.63) is 58.4 Å². The molecule has 0 saturated carbocycles. The quantitative estimate of drug-likeness (QED) is 0.471. The summed E-state index contributed by atoms with van der Waals surface area (Å²) in [4.78, 5) is 11.2. The monoisotopic (exact) mass is 404 g/mol. The van der Waals surface area contributed by atoms with Crippen LogP contribution in [-0.2, 0) is 16.0 Å². The van der Waals surface area contributed by atoms with E-state index in [0.717, 1.165) is 29.7 Å². The SMILES string of the molecule is COC(=O)CC(O)CSCCCc1c(C)cc(C)cc1-c1ccc(F)c(C)c1. The van der Waals surface area contributed by atoms with Crippen molar-refractivity contribution < 1.29 is 19.0 Å². The number of methoxy groups -OCH3 is 1. The van der Waals surface area contributed by atoms with Gasteiger partial charge in [0.05, 0.1) is 19.6 Å². The van der Waals surface area contributed by atoms with Crippen LogP contribution in [0.2, 0.25) is 0 Å². The van der Waals surface area contributed by atoms with E-state index in [1.807, 2.05) is 12.1 Å². The minimum absolute atomic E-state index is 0.0363. The highest BCUT2D eigenvalue weighted by atomic mass is 32.2. The number of aryl methyl sites for hydroxylation is 3. The molecule has 0 aliphatic rings. The lowest BCUT2D eigenvalue weighted by Crippen LogP contribution is -2.17. The van der Waals surface area contributed by atoms with Crippen LogP contribution in [0.25, 0.3) is 11.1 Å². The first kappa shape index (κ1) is 22.4. The first-order valence-corrected chi connectivity index (χ1v) is 10.7. The van der Waals surface area contributed by atoms with Crippen molar-refractivity contribution in [1.82, 2.24) is 0 Å². The van der Waals surface area contributed by atoms with Crippen LogP contribution in [0.5, 0.6) is 0 Å². The summed E-state index contributed by atoms with van der Waals surface area (Å²) < 4.78 is 18.2. The number of carbonyl (C=O) groups excluding carboxylic acids is 1. The summed E-state index contributed by atoms with van der Waals surface area (Å²) in [5.41, 5.74) is 6.58. The highest BCUT2D eigenvalue weighted by molar-refractivity contribution is 7.99. The molecule has 0 radical (unpaired) electrons. The molecule has 2 aromatic rings. The molecule has 3 nitrogen and oxygen atoms in total. The van der Waals surface area contributed by atoms with Crippen LogP contribution in [0, 0.1) is 26.6 Å². The van der Waals surface area contributed by atoms with E-state index in [9.17, 15) is 14.3 Å². The van der Waals surface area contributed by atoms with Gasteiger partial charge in [-0.05, 0) is 79.3 Å². The average molecular weight is 405 g/mol. The Labute approximate surface area is 171 Å². The Morgan fingerprint density at radius 2 is 1.93 bits per heavy atom. The first-order valence-electron chi connectivity index (χ1n) is 9.51. The number of carbonyl (C=O) groups is 1. The fraction of sp³-hybridized carbons (Fsp3) is 0.435. The number of aliphatic hydroxyl groups excluding tert-OH is 1. The zero-order valence-electron chi connectivity index (χ0n) is 17.0. The Kier molecular flexibility index (Phi) is 8.52. The lowest BCUT2D eigenvalue weighted by atomic mass is 9.90. The molecular formula is C23H29FO3S. The van der Waals surface area contributed by atoms with Gasteiger partial charge >= 0.3 is 5.97 Å². The maximum atomic E-state index is 13.7. The molecular weight excluding hydrogens is 375 g/mol. The van der Waals surface area contributed by atoms with Crippen LogP contribution in [0.1, 0.15) is 35.1 Å². The van der Waals surface area contributed by atoms with Gasteiger partial charge in [-0.3, -0.25) is 4.79 Å². The number of benzene rings is 2. The summed E-state index contributed by atoms with van der Waals surface area (Å²) in [7, 11) is 1.33. The molecule has 1 atom stereocenters. The topological polar surface area (TPSA) is 46.5 Å². The number of hydrogen-bond donors (Lipinski definition) is 1. The van der Waals surface area contributed by atoms with Crippen molar-refractivity contribution in [2.45, 2.75) is 46.1 Å². The summed E-state index contributed by atoms with van der Waals surface area (Å²) in [6, 6.07) is 9.64. The maximum absolute atomic E-state index is 13.7. The number of esters is 1. The average Bonchev–Trinajstić information content (AvgIpc) is 2.64. The second-order valence-electron chi connectivity index (χ2n) is 7.18. The molecule has 2 rings (SSSR count). The van der Waals surface area contributed by atoms with Crippen LogP contribution in [0.15, 0.2) is 30.3 Å². The zero-order valence-corrected chi connectivity index (χ0v) is 17.9. The standard InChI is InChI=1S/C23H29FO3S/c1-15-10-16(2)20(6-5-9-28-14-19(25)13-23(26)27-4)21(11-15)18-7-8-22(24)17(3)12-18/h7-8,10-12,19,25H,5-6,9,13-14H2,1-4H3. The lowest BCUT2D eigenvalue weighted by Gasteiger charge is -2.16. The van der Waals surface area contributed by atoms with E-state index in [0.29, 0.717) is 11.3 Å². The second-order valence-corrected chi connectivity index (χ2v) is 8.33. The van der Waals surface area contributed by atoms with Crippen molar-refractivity contribution in [3.8, 4) is 11.1 Å². The maximum Gasteiger partial charge on any atom is 0.308 e. The highest BCUT2D eigenvalue weighted by Crippen LogP contribution is 2.30. The smallest absolute Gasteiger partial charge is 0.308 e. The second kappa shape index (κ2) is 10.6. The third-order valence-electron chi connectivity index (χ3n) is 4.74. The van der Waals surface area contributed by atoms with Crippen molar-refractivity contribution in [1.29, 1.82) is 0 Å². The minimum Gasteiger partial charge on any atom is -0.469 e. The van der Waals surface area contributed by atoms with E-state index >= 15 is 0 Å². The van der Waals surface area contributed by atoms with Gasteiger partial charge in [0.2, 0.25) is 0 Å². The molecule has 5 heteroatoms. The van der Waals surface area contributed by atoms with Crippen molar-refractivity contribution in [2.75, 3.05) is 18.6 Å². The van der Waals surface area contributed by atoms with Gasteiger partial charge in [-0.25, -0.2) is 4.39 Å².